The van der Waals surface area contributed by atoms with Crippen LogP contribution in [0.4, 0.5) is 0 Å². The third-order valence-corrected chi connectivity index (χ3v) is 4.42. The molecule has 7 nitrogen and oxygen atoms in total. The van der Waals surface area contributed by atoms with Crippen LogP contribution in [0, 0.1) is 0 Å². The number of amides is 2. The van der Waals surface area contributed by atoms with Gasteiger partial charge in [0.2, 0.25) is 0 Å². The van der Waals surface area contributed by atoms with E-state index in [1.54, 1.807) is 54.3 Å². The highest BCUT2D eigenvalue weighted by Crippen LogP contribution is 2.23. The Labute approximate surface area is 157 Å². The van der Waals surface area contributed by atoms with Gasteiger partial charge in [-0.25, -0.2) is 0 Å². The molecular formula is C20H22N4O3. The molecule has 0 saturated carbocycles. The van der Waals surface area contributed by atoms with Crippen molar-refractivity contribution in [2.75, 3.05) is 7.05 Å². The number of aryl methyl sites for hydroxylation is 1. The number of nitrogens with zero attached hydrogens (tertiary/aromatic N) is 2. The number of hydrogen-bond acceptors (Lipinski definition) is 4. The second-order valence-corrected chi connectivity index (χ2v) is 6.13. The molecule has 1 atom stereocenters. The summed E-state index contributed by atoms with van der Waals surface area (Å²) < 4.78 is 7.31. The van der Waals surface area contributed by atoms with E-state index in [2.05, 4.69) is 15.7 Å². The fourth-order valence-electron chi connectivity index (χ4n) is 2.88. The fraction of sp³-hybridized carbons (Fsp3) is 0.250. The molecule has 0 unspecified atom stereocenters. The number of carbonyl (C=O) groups excluding carboxylic acids is 2. The quantitative estimate of drug-likeness (QED) is 0.702. The largest absolute Gasteiger partial charge is 0.451 e. The lowest BCUT2D eigenvalue weighted by Gasteiger charge is -2.17. The van der Waals surface area contributed by atoms with Crippen LogP contribution in [0.1, 0.15) is 46.0 Å². The standard InChI is InChI=1S/C20H22N4O3/c1-4-15(16-11-12-22-24(16)3)23-19(25)14-7-5-13(6-8-14)17-9-10-18(27-17)20(26)21-2/h5-12,15H,4H2,1-3H3,(H,21,26)(H,23,25)/t15-/m1/s1. The molecule has 1 aromatic carbocycles. The zero-order valence-corrected chi connectivity index (χ0v) is 15.5. The van der Waals surface area contributed by atoms with Gasteiger partial charge in [-0.15, -0.1) is 0 Å². The molecule has 0 aliphatic heterocycles. The van der Waals surface area contributed by atoms with E-state index in [9.17, 15) is 9.59 Å². The van der Waals surface area contributed by atoms with Crippen molar-refractivity contribution in [1.29, 1.82) is 0 Å². The van der Waals surface area contributed by atoms with Crippen LogP contribution in [0.15, 0.2) is 53.1 Å². The Morgan fingerprint density at radius 2 is 1.85 bits per heavy atom. The molecule has 0 bridgehead atoms. The van der Waals surface area contributed by atoms with E-state index in [0.717, 1.165) is 17.7 Å². The molecule has 0 spiro atoms. The molecule has 2 N–H and O–H groups in total. The second-order valence-electron chi connectivity index (χ2n) is 6.13. The third-order valence-electron chi connectivity index (χ3n) is 4.42. The SMILES string of the molecule is CC[C@@H](NC(=O)c1ccc(-c2ccc(C(=O)NC)o2)cc1)c1ccnn1C. The maximum absolute atomic E-state index is 12.6. The summed E-state index contributed by atoms with van der Waals surface area (Å²) >= 11 is 0. The van der Waals surface area contributed by atoms with E-state index in [0.29, 0.717) is 11.3 Å². The Hall–Kier alpha value is -3.35. The van der Waals surface area contributed by atoms with Gasteiger partial charge in [-0.1, -0.05) is 19.1 Å². The predicted molar refractivity (Wildman–Crippen MR) is 101 cm³/mol. The van der Waals surface area contributed by atoms with Crippen LogP contribution in [0.5, 0.6) is 0 Å². The van der Waals surface area contributed by atoms with Gasteiger partial charge in [-0.2, -0.15) is 5.10 Å². The Kier molecular flexibility index (Phi) is 5.40. The number of furan rings is 1. The van der Waals surface area contributed by atoms with Crippen molar-refractivity contribution in [3.8, 4) is 11.3 Å². The molecule has 27 heavy (non-hydrogen) atoms. The first-order valence-corrected chi connectivity index (χ1v) is 8.74. The summed E-state index contributed by atoms with van der Waals surface area (Å²) in [6.45, 7) is 2.02. The van der Waals surface area contributed by atoms with Crippen molar-refractivity contribution in [3.05, 3.63) is 65.7 Å². The highest BCUT2D eigenvalue weighted by atomic mass is 16.3. The molecule has 0 aliphatic carbocycles. The average molecular weight is 366 g/mol. The van der Waals surface area contributed by atoms with Crippen molar-refractivity contribution in [1.82, 2.24) is 20.4 Å². The van der Waals surface area contributed by atoms with Gasteiger partial charge >= 0.3 is 0 Å². The lowest BCUT2D eigenvalue weighted by atomic mass is 10.1. The highest BCUT2D eigenvalue weighted by molar-refractivity contribution is 5.95. The van der Waals surface area contributed by atoms with Gasteiger partial charge in [0.05, 0.1) is 11.7 Å². The maximum atomic E-state index is 12.6. The zero-order valence-electron chi connectivity index (χ0n) is 15.5. The molecule has 2 heterocycles. The maximum Gasteiger partial charge on any atom is 0.286 e. The Balaban J connectivity index is 1.73. The van der Waals surface area contributed by atoms with Crippen molar-refractivity contribution in [2.45, 2.75) is 19.4 Å². The number of carbonyl (C=O) groups is 2. The number of hydrogen-bond donors (Lipinski definition) is 2. The molecule has 0 aliphatic rings. The molecule has 2 amide bonds. The van der Waals surface area contributed by atoms with Gasteiger partial charge in [0, 0.05) is 31.4 Å². The van der Waals surface area contributed by atoms with Crippen LogP contribution in [-0.2, 0) is 7.05 Å². The molecule has 3 aromatic rings. The lowest BCUT2D eigenvalue weighted by Crippen LogP contribution is -2.29. The monoisotopic (exact) mass is 366 g/mol. The van der Waals surface area contributed by atoms with Gasteiger partial charge < -0.3 is 15.1 Å². The summed E-state index contributed by atoms with van der Waals surface area (Å²) in [5.41, 5.74) is 2.30. The smallest absolute Gasteiger partial charge is 0.286 e. The first-order chi connectivity index (χ1) is 13.0. The van der Waals surface area contributed by atoms with Crippen molar-refractivity contribution >= 4 is 11.8 Å². The number of benzene rings is 1. The molecule has 3 rings (SSSR count). The predicted octanol–water partition coefficient (Wildman–Crippen LogP) is 2.92. The van der Waals surface area contributed by atoms with E-state index in [4.69, 9.17) is 4.42 Å². The zero-order chi connectivity index (χ0) is 19.4. The van der Waals surface area contributed by atoms with Crippen molar-refractivity contribution < 1.29 is 14.0 Å². The van der Waals surface area contributed by atoms with E-state index >= 15 is 0 Å². The minimum absolute atomic E-state index is 0.107. The van der Waals surface area contributed by atoms with Crippen LogP contribution < -0.4 is 10.6 Å². The number of aromatic nitrogens is 2. The first-order valence-electron chi connectivity index (χ1n) is 8.74. The second kappa shape index (κ2) is 7.90. The normalized spacial score (nSPS) is 11.8. The minimum Gasteiger partial charge on any atom is -0.451 e. The topological polar surface area (TPSA) is 89.2 Å². The van der Waals surface area contributed by atoms with Gasteiger partial charge in [-0.05, 0) is 36.8 Å². The van der Waals surface area contributed by atoms with Crippen LogP contribution >= 0.6 is 0 Å². The first kappa shape index (κ1) is 18.4. The summed E-state index contributed by atoms with van der Waals surface area (Å²) in [5, 5.41) is 9.71. The van der Waals surface area contributed by atoms with Gasteiger partial charge in [0.25, 0.3) is 11.8 Å². The Bertz CT molecular complexity index is 940. The summed E-state index contributed by atoms with van der Waals surface area (Å²) in [5.74, 6) is 0.385. The highest BCUT2D eigenvalue weighted by Gasteiger charge is 2.17. The minimum atomic E-state index is -0.280. The molecule has 2 aromatic heterocycles. The average Bonchev–Trinajstić information content (AvgIpc) is 3.35. The molecule has 140 valence electrons. The van der Waals surface area contributed by atoms with Gasteiger partial charge in [0.1, 0.15) is 5.76 Å². The van der Waals surface area contributed by atoms with E-state index in [1.807, 2.05) is 20.0 Å². The van der Waals surface area contributed by atoms with Crippen LogP contribution in [-0.4, -0.2) is 28.6 Å². The molecule has 0 saturated heterocycles. The van der Waals surface area contributed by atoms with Gasteiger partial charge in [0.15, 0.2) is 5.76 Å². The number of rotatable bonds is 6. The molecule has 0 fully saturated rings. The Morgan fingerprint density at radius 1 is 1.11 bits per heavy atom. The van der Waals surface area contributed by atoms with Gasteiger partial charge in [-0.3, -0.25) is 14.3 Å². The van der Waals surface area contributed by atoms with Crippen molar-refractivity contribution in [3.63, 3.8) is 0 Å². The lowest BCUT2D eigenvalue weighted by molar-refractivity contribution is 0.0927. The summed E-state index contributed by atoms with van der Waals surface area (Å²) in [6.07, 6.45) is 2.48. The van der Waals surface area contributed by atoms with Crippen LogP contribution in [0.2, 0.25) is 0 Å². The number of nitrogens with one attached hydrogen (secondary N) is 2. The molecule has 0 radical (unpaired) electrons. The van der Waals surface area contributed by atoms with E-state index in [1.165, 1.54) is 0 Å². The summed E-state index contributed by atoms with van der Waals surface area (Å²) in [7, 11) is 3.41. The third kappa shape index (κ3) is 3.92. The van der Waals surface area contributed by atoms with E-state index in [-0.39, 0.29) is 23.6 Å². The molecule has 7 heteroatoms. The summed E-state index contributed by atoms with van der Waals surface area (Å²) in [4.78, 5) is 24.2. The van der Waals surface area contributed by atoms with Crippen molar-refractivity contribution in [2.24, 2.45) is 7.05 Å². The fourth-order valence-corrected chi connectivity index (χ4v) is 2.88. The summed E-state index contributed by atoms with van der Waals surface area (Å²) in [6, 6.07) is 12.2. The Morgan fingerprint density at radius 3 is 2.44 bits per heavy atom. The molecular weight excluding hydrogens is 344 g/mol. The van der Waals surface area contributed by atoms with Crippen LogP contribution in [0.3, 0.4) is 0 Å². The van der Waals surface area contributed by atoms with E-state index < -0.39 is 0 Å². The van der Waals surface area contributed by atoms with Crippen LogP contribution in [0.25, 0.3) is 11.3 Å².